The molecule has 0 saturated heterocycles. The van der Waals surface area contributed by atoms with E-state index in [4.69, 9.17) is 0 Å². The van der Waals surface area contributed by atoms with Crippen LogP contribution >= 0.6 is 22.6 Å². The summed E-state index contributed by atoms with van der Waals surface area (Å²) in [5.74, 6) is 0.812. The lowest BCUT2D eigenvalue weighted by atomic mass is 10.3. The molecular formula is C12H15IN2O. The van der Waals surface area contributed by atoms with Gasteiger partial charge >= 0.3 is 0 Å². The van der Waals surface area contributed by atoms with Crippen molar-refractivity contribution in [3.63, 3.8) is 0 Å². The van der Waals surface area contributed by atoms with Gasteiger partial charge in [-0.2, -0.15) is 0 Å². The van der Waals surface area contributed by atoms with Gasteiger partial charge in [0.15, 0.2) is 0 Å². The van der Waals surface area contributed by atoms with Crippen molar-refractivity contribution in [1.29, 1.82) is 0 Å². The van der Waals surface area contributed by atoms with E-state index in [1.807, 2.05) is 24.3 Å². The van der Waals surface area contributed by atoms with Crippen molar-refractivity contribution < 1.29 is 4.79 Å². The molecule has 0 radical (unpaired) electrons. The lowest BCUT2D eigenvalue weighted by molar-refractivity contribution is -0.119. The standard InChI is InChI=1S/C12H15IN2O/c13-10-2-1-3-11(6-10)14-8-12(16)15-7-9-4-5-9/h1-3,6,9,14H,4-5,7-8H2,(H,15,16). The molecule has 0 heterocycles. The maximum atomic E-state index is 11.5. The minimum absolute atomic E-state index is 0.0748. The van der Waals surface area contributed by atoms with Gasteiger partial charge in [-0.25, -0.2) is 0 Å². The predicted molar refractivity (Wildman–Crippen MR) is 73.4 cm³/mol. The molecule has 1 aliphatic carbocycles. The minimum atomic E-state index is 0.0748. The molecule has 3 nitrogen and oxygen atoms in total. The Morgan fingerprint density at radius 2 is 2.25 bits per heavy atom. The highest BCUT2D eigenvalue weighted by Gasteiger charge is 2.21. The molecule has 0 unspecified atom stereocenters. The molecule has 4 heteroatoms. The average Bonchev–Trinajstić information content (AvgIpc) is 3.07. The third-order valence-electron chi connectivity index (χ3n) is 2.56. The van der Waals surface area contributed by atoms with Crippen LogP contribution in [0.15, 0.2) is 24.3 Å². The van der Waals surface area contributed by atoms with Crippen LogP contribution in [0.5, 0.6) is 0 Å². The highest BCUT2D eigenvalue weighted by Crippen LogP contribution is 2.27. The molecule has 86 valence electrons. The predicted octanol–water partition coefficient (Wildman–Crippen LogP) is 2.23. The van der Waals surface area contributed by atoms with E-state index >= 15 is 0 Å². The van der Waals surface area contributed by atoms with Crippen LogP contribution in [0, 0.1) is 9.49 Å². The van der Waals surface area contributed by atoms with Crippen LogP contribution in [0.25, 0.3) is 0 Å². The second-order valence-electron chi connectivity index (χ2n) is 4.11. The maximum absolute atomic E-state index is 11.5. The van der Waals surface area contributed by atoms with Crippen LogP contribution in [-0.2, 0) is 4.79 Å². The molecule has 16 heavy (non-hydrogen) atoms. The summed E-state index contributed by atoms with van der Waals surface area (Å²) in [6.45, 7) is 1.19. The van der Waals surface area contributed by atoms with E-state index in [0.717, 1.165) is 18.2 Å². The Hall–Kier alpha value is -0.780. The SMILES string of the molecule is O=C(CNc1cccc(I)c1)NCC1CC1. The van der Waals surface area contributed by atoms with E-state index in [2.05, 4.69) is 33.2 Å². The van der Waals surface area contributed by atoms with E-state index in [9.17, 15) is 4.79 Å². The van der Waals surface area contributed by atoms with Crippen LogP contribution in [0.4, 0.5) is 5.69 Å². The van der Waals surface area contributed by atoms with Crippen molar-refractivity contribution in [2.75, 3.05) is 18.4 Å². The van der Waals surface area contributed by atoms with Gasteiger partial charge in [0.25, 0.3) is 0 Å². The zero-order valence-corrected chi connectivity index (χ0v) is 11.2. The number of carbonyl (C=O) groups excluding carboxylic acids is 1. The lowest BCUT2D eigenvalue weighted by Gasteiger charge is -2.07. The summed E-state index contributed by atoms with van der Waals surface area (Å²) in [6, 6.07) is 8.00. The van der Waals surface area contributed by atoms with Crippen molar-refractivity contribution in [2.24, 2.45) is 5.92 Å². The summed E-state index contributed by atoms with van der Waals surface area (Å²) in [7, 11) is 0. The molecule has 2 rings (SSSR count). The highest BCUT2D eigenvalue weighted by molar-refractivity contribution is 14.1. The molecule has 0 bridgehead atoms. The molecule has 0 spiro atoms. The molecular weight excluding hydrogens is 315 g/mol. The van der Waals surface area contributed by atoms with Crippen LogP contribution in [-0.4, -0.2) is 19.0 Å². The van der Waals surface area contributed by atoms with Crippen LogP contribution in [0.2, 0.25) is 0 Å². The molecule has 2 N–H and O–H groups in total. The monoisotopic (exact) mass is 330 g/mol. The van der Waals surface area contributed by atoms with Crippen molar-refractivity contribution in [3.8, 4) is 0 Å². The van der Waals surface area contributed by atoms with Gasteiger partial charge in [-0.15, -0.1) is 0 Å². The normalized spacial score (nSPS) is 14.6. The summed E-state index contributed by atoms with van der Waals surface area (Å²) in [6.07, 6.45) is 2.54. The summed E-state index contributed by atoms with van der Waals surface area (Å²) < 4.78 is 1.17. The van der Waals surface area contributed by atoms with Crippen molar-refractivity contribution in [2.45, 2.75) is 12.8 Å². The van der Waals surface area contributed by atoms with E-state index in [-0.39, 0.29) is 5.91 Å². The van der Waals surface area contributed by atoms with Gasteiger partial charge in [0.1, 0.15) is 0 Å². The number of hydrogen-bond donors (Lipinski definition) is 2. The zero-order valence-electron chi connectivity index (χ0n) is 9.00. The molecule has 0 atom stereocenters. The minimum Gasteiger partial charge on any atom is -0.376 e. The van der Waals surface area contributed by atoms with Crippen LogP contribution < -0.4 is 10.6 Å². The first-order valence-corrected chi connectivity index (χ1v) is 6.58. The largest absolute Gasteiger partial charge is 0.376 e. The number of nitrogens with one attached hydrogen (secondary N) is 2. The van der Waals surface area contributed by atoms with Crippen LogP contribution in [0.3, 0.4) is 0 Å². The maximum Gasteiger partial charge on any atom is 0.239 e. The Morgan fingerprint density at radius 1 is 1.44 bits per heavy atom. The van der Waals surface area contributed by atoms with Gasteiger partial charge < -0.3 is 10.6 Å². The molecule has 1 aromatic rings. The van der Waals surface area contributed by atoms with Gasteiger partial charge in [0, 0.05) is 15.8 Å². The van der Waals surface area contributed by atoms with E-state index in [0.29, 0.717) is 6.54 Å². The number of halogens is 1. The average molecular weight is 330 g/mol. The highest BCUT2D eigenvalue weighted by atomic mass is 127. The van der Waals surface area contributed by atoms with Crippen molar-refractivity contribution in [1.82, 2.24) is 5.32 Å². The summed E-state index contributed by atoms with van der Waals surface area (Å²) >= 11 is 2.26. The fourth-order valence-corrected chi connectivity index (χ4v) is 1.97. The molecule has 1 fully saturated rings. The first-order valence-electron chi connectivity index (χ1n) is 5.50. The number of hydrogen-bond acceptors (Lipinski definition) is 2. The summed E-state index contributed by atoms with van der Waals surface area (Å²) in [4.78, 5) is 11.5. The number of carbonyl (C=O) groups is 1. The lowest BCUT2D eigenvalue weighted by Crippen LogP contribution is -2.31. The van der Waals surface area contributed by atoms with Crippen molar-refractivity contribution in [3.05, 3.63) is 27.8 Å². The van der Waals surface area contributed by atoms with Gasteiger partial charge in [-0.3, -0.25) is 4.79 Å². The number of rotatable bonds is 5. The molecule has 0 aliphatic heterocycles. The van der Waals surface area contributed by atoms with Crippen molar-refractivity contribution >= 4 is 34.2 Å². The first-order chi connectivity index (χ1) is 7.74. The molecule has 1 amide bonds. The molecule has 0 aromatic heterocycles. The smallest absolute Gasteiger partial charge is 0.239 e. The van der Waals surface area contributed by atoms with Gasteiger partial charge in [-0.1, -0.05) is 6.07 Å². The Bertz CT molecular complexity index is 377. The number of amides is 1. The van der Waals surface area contributed by atoms with E-state index in [1.54, 1.807) is 0 Å². The first kappa shape index (κ1) is 11.7. The Morgan fingerprint density at radius 3 is 2.94 bits per heavy atom. The van der Waals surface area contributed by atoms with Gasteiger partial charge in [-0.05, 0) is 59.5 Å². The fraction of sp³-hybridized carbons (Fsp3) is 0.417. The third-order valence-corrected chi connectivity index (χ3v) is 3.23. The zero-order chi connectivity index (χ0) is 11.4. The Labute approximate surface area is 109 Å². The fourth-order valence-electron chi connectivity index (χ4n) is 1.42. The van der Waals surface area contributed by atoms with E-state index in [1.165, 1.54) is 16.4 Å². The molecule has 1 aromatic carbocycles. The second-order valence-corrected chi connectivity index (χ2v) is 5.36. The second kappa shape index (κ2) is 5.52. The number of anilines is 1. The van der Waals surface area contributed by atoms with Gasteiger partial charge in [0.05, 0.1) is 6.54 Å². The quantitative estimate of drug-likeness (QED) is 0.813. The van der Waals surface area contributed by atoms with E-state index < -0.39 is 0 Å². The molecule has 1 saturated carbocycles. The summed E-state index contributed by atoms with van der Waals surface area (Å²) in [5.41, 5.74) is 0.994. The topological polar surface area (TPSA) is 41.1 Å². The number of benzene rings is 1. The third kappa shape index (κ3) is 4.00. The Balaban J connectivity index is 1.71. The van der Waals surface area contributed by atoms with Crippen LogP contribution in [0.1, 0.15) is 12.8 Å². The summed E-state index contributed by atoms with van der Waals surface area (Å²) in [5, 5.41) is 6.04. The Kier molecular flexibility index (Phi) is 4.04. The molecule has 1 aliphatic rings. The van der Waals surface area contributed by atoms with Gasteiger partial charge in [0.2, 0.25) is 5.91 Å².